The van der Waals surface area contributed by atoms with E-state index in [1.807, 2.05) is 38.1 Å². The van der Waals surface area contributed by atoms with E-state index >= 15 is 0 Å². The lowest BCUT2D eigenvalue weighted by Crippen LogP contribution is -2.54. The Labute approximate surface area is 179 Å². The number of nitrogens with one attached hydrogen (secondary N) is 1. The fraction of sp³-hybridized carbons (Fsp3) is 0.650. The van der Waals surface area contributed by atoms with E-state index < -0.39 is 10.2 Å². The lowest BCUT2D eigenvalue weighted by molar-refractivity contribution is -0.116. The van der Waals surface area contributed by atoms with Gasteiger partial charge in [-0.15, -0.1) is 0 Å². The van der Waals surface area contributed by atoms with Crippen LogP contribution in [0.3, 0.4) is 0 Å². The Morgan fingerprint density at radius 2 is 1.73 bits per heavy atom. The van der Waals surface area contributed by atoms with Crippen molar-refractivity contribution in [1.29, 1.82) is 0 Å². The fourth-order valence-electron chi connectivity index (χ4n) is 3.78. The van der Waals surface area contributed by atoms with Crippen LogP contribution in [0.25, 0.3) is 0 Å². The summed E-state index contributed by atoms with van der Waals surface area (Å²) in [5.41, 5.74) is 1.71. The van der Waals surface area contributed by atoms with Crippen LogP contribution in [0.5, 0.6) is 0 Å². The molecule has 2 fully saturated rings. The molecular weight excluding hydrogens is 408 g/mol. The van der Waals surface area contributed by atoms with Crippen LogP contribution in [-0.2, 0) is 24.5 Å². The zero-order valence-corrected chi connectivity index (χ0v) is 18.7. The molecule has 1 aromatic carbocycles. The maximum Gasteiger partial charge on any atom is 0.282 e. The van der Waals surface area contributed by atoms with Crippen molar-refractivity contribution in [2.45, 2.75) is 33.0 Å². The first kappa shape index (κ1) is 23.0. The molecule has 168 valence electrons. The van der Waals surface area contributed by atoms with Crippen molar-refractivity contribution in [2.24, 2.45) is 0 Å². The van der Waals surface area contributed by atoms with Gasteiger partial charge in [0.25, 0.3) is 10.2 Å². The van der Waals surface area contributed by atoms with E-state index in [-0.39, 0.29) is 44.3 Å². The van der Waals surface area contributed by atoms with Crippen molar-refractivity contribution in [3.8, 4) is 0 Å². The highest BCUT2D eigenvalue weighted by molar-refractivity contribution is 7.86. The number of carbonyl (C=O) groups excluding carboxylic acids is 1. The van der Waals surface area contributed by atoms with E-state index in [1.165, 1.54) is 8.61 Å². The molecule has 0 bridgehead atoms. The van der Waals surface area contributed by atoms with Gasteiger partial charge in [-0.25, -0.2) is 0 Å². The van der Waals surface area contributed by atoms with Gasteiger partial charge in [-0.2, -0.15) is 17.0 Å². The Morgan fingerprint density at radius 1 is 1.13 bits per heavy atom. The average Bonchev–Trinajstić information content (AvgIpc) is 2.72. The van der Waals surface area contributed by atoms with Crippen molar-refractivity contribution in [2.75, 3.05) is 62.7 Å². The number of nitrogens with zero attached hydrogens (tertiary/aromatic N) is 3. The van der Waals surface area contributed by atoms with Crippen LogP contribution in [0.4, 0.5) is 11.4 Å². The molecule has 2 heterocycles. The van der Waals surface area contributed by atoms with Crippen LogP contribution in [-0.4, -0.2) is 87.6 Å². The molecule has 2 unspecified atom stereocenters. The fourth-order valence-corrected chi connectivity index (χ4v) is 5.51. The summed E-state index contributed by atoms with van der Waals surface area (Å²) in [5, 5.41) is 2.80. The van der Waals surface area contributed by atoms with Crippen molar-refractivity contribution in [3.63, 3.8) is 0 Å². The zero-order valence-electron chi connectivity index (χ0n) is 17.9. The van der Waals surface area contributed by atoms with Crippen molar-refractivity contribution in [1.82, 2.24) is 8.61 Å². The number of hydrogen-bond donors (Lipinski definition) is 1. The topological polar surface area (TPSA) is 91.4 Å². The average molecular weight is 441 g/mol. The highest BCUT2D eigenvalue weighted by Gasteiger charge is 2.35. The Balaban J connectivity index is 1.59. The van der Waals surface area contributed by atoms with Crippen LogP contribution in [0.15, 0.2) is 24.3 Å². The Bertz CT molecular complexity index is 801. The summed E-state index contributed by atoms with van der Waals surface area (Å²) >= 11 is 0. The van der Waals surface area contributed by atoms with Crippen molar-refractivity contribution < 1.29 is 22.7 Å². The normalized spacial score (nSPS) is 23.5. The number of likely N-dealkylation sites (N-methyl/N-ethyl adjacent to an activating group) is 1. The second kappa shape index (κ2) is 10.1. The van der Waals surface area contributed by atoms with Crippen LogP contribution in [0.1, 0.15) is 20.8 Å². The summed E-state index contributed by atoms with van der Waals surface area (Å²) in [7, 11) is -3.74. The van der Waals surface area contributed by atoms with Crippen LogP contribution in [0, 0.1) is 0 Å². The molecule has 1 amide bonds. The third-order valence-electron chi connectivity index (χ3n) is 5.24. The Kier molecular flexibility index (Phi) is 7.70. The molecule has 0 saturated carbocycles. The Morgan fingerprint density at radius 3 is 2.30 bits per heavy atom. The van der Waals surface area contributed by atoms with E-state index in [0.717, 1.165) is 18.8 Å². The van der Waals surface area contributed by atoms with E-state index in [1.54, 1.807) is 6.92 Å². The third-order valence-corrected chi connectivity index (χ3v) is 7.23. The minimum absolute atomic E-state index is 0.180. The quantitative estimate of drug-likeness (QED) is 0.684. The molecule has 0 spiro atoms. The Hall–Kier alpha value is -1.72. The van der Waals surface area contributed by atoms with E-state index in [9.17, 15) is 13.2 Å². The van der Waals surface area contributed by atoms with Gasteiger partial charge in [-0.05, 0) is 38.1 Å². The van der Waals surface area contributed by atoms with Gasteiger partial charge in [0.15, 0.2) is 0 Å². The van der Waals surface area contributed by atoms with Gasteiger partial charge in [-0.1, -0.05) is 6.92 Å². The van der Waals surface area contributed by atoms with Crippen molar-refractivity contribution >= 4 is 27.5 Å². The van der Waals surface area contributed by atoms with E-state index in [0.29, 0.717) is 18.9 Å². The predicted molar refractivity (Wildman–Crippen MR) is 116 cm³/mol. The van der Waals surface area contributed by atoms with Gasteiger partial charge < -0.3 is 19.7 Å². The molecule has 2 aliphatic rings. The molecule has 0 radical (unpaired) electrons. The summed E-state index contributed by atoms with van der Waals surface area (Å²) < 4.78 is 39.6. The van der Waals surface area contributed by atoms with Gasteiger partial charge in [0.1, 0.15) is 0 Å². The monoisotopic (exact) mass is 440 g/mol. The summed E-state index contributed by atoms with van der Waals surface area (Å²) in [5.74, 6) is -0.367. The van der Waals surface area contributed by atoms with Crippen LogP contribution in [0.2, 0.25) is 0 Å². The third kappa shape index (κ3) is 5.70. The molecule has 0 aromatic heterocycles. The summed E-state index contributed by atoms with van der Waals surface area (Å²) in [6.07, 6.45) is -0.359. The molecule has 10 heteroatoms. The maximum atomic E-state index is 13.0. The number of carbonyl (C=O) groups is 1. The first-order chi connectivity index (χ1) is 14.3. The molecule has 2 aliphatic heterocycles. The zero-order chi connectivity index (χ0) is 21.7. The molecular formula is C20H32N4O5S. The number of hydrogen-bond acceptors (Lipinski definition) is 6. The first-order valence-corrected chi connectivity index (χ1v) is 11.8. The second-order valence-electron chi connectivity index (χ2n) is 7.70. The number of amides is 1. The number of ether oxygens (including phenoxy) is 2. The van der Waals surface area contributed by atoms with Gasteiger partial charge in [0.2, 0.25) is 5.91 Å². The molecule has 1 N–H and O–H groups in total. The number of rotatable bonds is 7. The maximum absolute atomic E-state index is 13.0. The smallest absolute Gasteiger partial charge is 0.282 e. The standard InChI is InChI=1S/C20H32N4O5S/c1-4-23(30(26,27)24-13-16(2)29-17(3)14-24)15-20(25)21-18-5-7-19(8-6-18)22-9-11-28-12-10-22/h5-8,16-17H,4,9-15H2,1-3H3,(H,21,25). The molecule has 2 atom stereocenters. The molecule has 0 aliphatic carbocycles. The SMILES string of the molecule is CCN(CC(=O)Nc1ccc(N2CCOCC2)cc1)S(=O)(=O)N1CC(C)OC(C)C1. The first-order valence-electron chi connectivity index (χ1n) is 10.4. The molecule has 3 rings (SSSR count). The lowest BCUT2D eigenvalue weighted by Gasteiger charge is -2.37. The lowest BCUT2D eigenvalue weighted by atomic mass is 10.2. The highest BCUT2D eigenvalue weighted by Crippen LogP contribution is 2.20. The second-order valence-corrected chi connectivity index (χ2v) is 9.63. The van der Waals surface area contributed by atoms with E-state index in [2.05, 4.69) is 10.2 Å². The summed E-state index contributed by atoms with van der Waals surface area (Å²) in [4.78, 5) is 14.8. The van der Waals surface area contributed by atoms with Gasteiger partial charge in [-0.3, -0.25) is 4.79 Å². The minimum atomic E-state index is -3.74. The summed E-state index contributed by atoms with van der Waals surface area (Å²) in [6, 6.07) is 7.56. The number of anilines is 2. The van der Waals surface area contributed by atoms with E-state index in [4.69, 9.17) is 9.47 Å². The minimum Gasteiger partial charge on any atom is -0.378 e. The van der Waals surface area contributed by atoms with Gasteiger partial charge >= 0.3 is 0 Å². The molecule has 1 aromatic rings. The largest absolute Gasteiger partial charge is 0.378 e. The molecule has 2 saturated heterocycles. The van der Waals surface area contributed by atoms with Gasteiger partial charge in [0, 0.05) is 44.1 Å². The van der Waals surface area contributed by atoms with Crippen LogP contribution < -0.4 is 10.2 Å². The number of morpholine rings is 2. The number of benzene rings is 1. The van der Waals surface area contributed by atoms with Crippen LogP contribution >= 0.6 is 0 Å². The highest BCUT2D eigenvalue weighted by atomic mass is 32.2. The molecule has 30 heavy (non-hydrogen) atoms. The summed E-state index contributed by atoms with van der Waals surface area (Å²) in [6.45, 7) is 9.08. The predicted octanol–water partition coefficient (Wildman–Crippen LogP) is 1.14. The molecule has 9 nitrogen and oxygen atoms in total. The van der Waals surface area contributed by atoms with Crippen molar-refractivity contribution in [3.05, 3.63) is 24.3 Å². The van der Waals surface area contributed by atoms with Gasteiger partial charge in [0.05, 0.1) is 32.0 Å².